The van der Waals surface area contributed by atoms with Crippen molar-refractivity contribution in [1.82, 2.24) is 9.88 Å². The van der Waals surface area contributed by atoms with Crippen LogP contribution in [0, 0.1) is 0 Å². The molecule has 1 aliphatic heterocycles. The fourth-order valence-electron chi connectivity index (χ4n) is 3.95. The van der Waals surface area contributed by atoms with Crippen LogP contribution < -0.4 is 14.4 Å². The third-order valence-corrected chi connectivity index (χ3v) is 5.65. The van der Waals surface area contributed by atoms with Crippen molar-refractivity contribution in [3.8, 4) is 22.8 Å². The van der Waals surface area contributed by atoms with Gasteiger partial charge in [-0.1, -0.05) is 31.2 Å². The average Bonchev–Trinajstić information content (AvgIpc) is 2.82. The summed E-state index contributed by atoms with van der Waals surface area (Å²) in [6.07, 6.45) is 0. The van der Waals surface area contributed by atoms with Crippen LogP contribution in [-0.4, -0.2) is 68.0 Å². The van der Waals surface area contributed by atoms with E-state index in [-0.39, 0.29) is 13.2 Å². The number of pyridine rings is 1. The van der Waals surface area contributed by atoms with Gasteiger partial charge in [-0.2, -0.15) is 0 Å². The maximum Gasteiger partial charge on any atom is 0.161 e. The maximum atomic E-state index is 9.03. The van der Waals surface area contributed by atoms with Crippen LogP contribution >= 0.6 is 0 Å². The van der Waals surface area contributed by atoms with Gasteiger partial charge in [0.1, 0.15) is 12.4 Å². The topological polar surface area (TPSA) is 58.1 Å². The normalized spacial score (nSPS) is 14.8. The van der Waals surface area contributed by atoms with Crippen LogP contribution in [0.25, 0.3) is 22.0 Å². The number of hydrogen-bond donors (Lipinski definition) is 1. The summed E-state index contributed by atoms with van der Waals surface area (Å²) in [5, 5.41) is 11.4. The molecule has 2 aromatic carbocycles. The molecule has 0 unspecified atom stereocenters. The Bertz CT molecular complexity index is 1000. The van der Waals surface area contributed by atoms with Crippen LogP contribution in [0.3, 0.4) is 0 Å². The van der Waals surface area contributed by atoms with Crippen LogP contribution in [0.4, 0.5) is 5.82 Å². The SMILES string of the molecule is CCN1CCN(c2nc(-c3ccc(OCCO)c(OC)c3)cc3ccccc23)CC1. The van der Waals surface area contributed by atoms with Crippen LogP contribution in [0.5, 0.6) is 11.5 Å². The molecule has 0 bridgehead atoms. The van der Waals surface area contributed by atoms with Crippen LogP contribution in [0.2, 0.25) is 0 Å². The van der Waals surface area contributed by atoms with Crippen molar-refractivity contribution >= 4 is 16.6 Å². The van der Waals surface area contributed by atoms with Gasteiger partial charge < -0.3 is 24.4 Å². The van der Waals surface area contributed by atoms with Crippen molar-refractivity contribution in [3.63, 3.8) is 0 Å². The molecule has 0 aliphatic carbocycles. The molecule has 0 radical (unpaired) electrons. The number of rotatable bonds is 7. The third kappa shape index (κ3) is 4.20. The second kappa shape index (κ2) is 9.32. The first kappa shape index (κ1) is 20.4. The number of fused-ring (bicyclic) bond motifs is 1. The summed E-state index contributed by atoms with van der Waals surface area (Å²) in [5.74, 6) is 2.29. The van der Waals surface area contributed by atoms with E-state index in [1.165, 1.54) is 10.8 Å². The number of likely N-dealkylation sites (N-methyl/N-ethyl adjacent to an activating group) is 1. The molecule has 6 heteroatoms. The van der Waals surface area contributed by atoms with Crippen LogP contribution in [0.15, 0.2) is 48.5 Å². The number of ether oxygens (including phenoxy) is 2. The molecule has 2 heterocycles. The largest absolute Gasteiger partial charge is 0.493 e. The van der Waals surface area contributed by atoms with E-state index in [1.54, 1.807) is 7.11 Å². The van der Waals surface area contributed by atoms with Gasteiger partial charge in [0.15, 0.2) is 11.5 Å². The van der Waals surface area contributed by atoms with Gasteiger partial charge in [-0.3, -0.25) is 0 Å². The minimum absolute atomic E-state index is 0.0359. The number of hydrogen-bond acceptors (Lipinski definition) is 6. The zero-order valence-electron chi connectivity index (χ0n) is 17.7. The van der Waals surface area contributed by atoms with Crippen molar-refractivity contribution in [2.75, 3.05) is 57.9 Å². The van der Waals surface area contributed by atoms with Crippen molar-refractivity contribution in [1.29, 1.82) is 0 Å². The number of aromatic nitrogens is 1. The van der Waals surface area contributed by atoms with E-state index in [1.807, 2.05) is 18.2 Å². The summed E-state index contributed by atoms with van der Waals surface area (Å²) in [4.78, 5) is 9.95. The Labute approximate surface area is 177 Å². The number of methoxy groups -OCH3 is 1. The third-order valence-electron chi connectivity index (χ3n) is 5.65. The molecule has 0 saturated carbocycles. The lowest BCUT2D eigenvalue weighted by molar-refractivity contribution is 0.196. The lowest BCUT2D eigenvalue weighted by Gasteiger charge is -2.35. The Hall–Kier alpha value is -2.83. The zero-order valence-corrected chi connectivity index (χ0v) is 17.7. The van der Waals surface area contributed by atoms with Gasteiger partial charge in [-0.15, -0.1) is 0 Å². The molecule has 4 rings (SSSR count). The summed E-state index contributed by atoms with van der Waals surface area (Å²) >= 11 is 0. The summed E-state index contributed by atoms with van der Waals surface area (Å²) < 4.78 is 11.1. The van der Waals surface area contributed by atoms with Crippen molar-refractivity contribution < 1.29 is 14.6 Å². The van der Waals surface area contributed by atoms with Gasteiger partial charge >= 0.3 is 0 Å². The van der Waals surface area contributed by atoms with E-state index in [4.69, 9.17) is 19.6 Å². The summed E-state index contributed by atoms with van der Waals surface area (Å²) in [6, 6.07) is 16.4. The van der Waals surface area contributed by atoms with Crippen LogP contribution in [-0.2, 0) is 0 Å². The van der Waals surface area contributed by atoms with E-state index in [9.17, 15) is 0 Å². The molecule has 1 aliphatic rings. The predicted molar refractivity (Wildman–Crippen MR) is 121 cm³/mol. The van der Waals surface area contributed by atoms with Gasteiger partial charge in [0.05, 0.1) is 19.4 Å². The molecular weight excluding hydrogens is 378 g/mol. The average molecular weight is 408 g/mol. The maximum absolute atomic E-state index is 9.03. The number of piperazine rings is 1. The predicted octanol–water partition coefficient (Wildman–Crippen LogP) is 3.42. The van der Waals surface area contributed by atoms with Crippen molar-refractivity contribution in [2.24, 2.45) is 0 Å². The smallest absolute Gasteiger partial charge is 0.161 e. The van der Waals surface area contributed by atoms with Gasteiger partial charge in [-0.05, 0) is 36.2 Å². The number of anilines is 1. The fourth-order valence-corrected chi connectivity index (χ4v) is 3.95. The number of benzene rings is 2. The van der Waals surface area contributed by atoms with Gasteiger partial charge in [0, 0.05) is 37.1 Å². The first-order valence-electron chi connectivity index (χ1n) is 10.5. The van der Waals surface area contributed by atoms with E-state index in [2.05, 4.69) is 47.1 Å². The standard InChI is InChI=1S/C24H29N3O3/c1-3-26-10-12-27(13-11-26)24-20-7-5-4-6-18(20)16-21(25-24)19-8-9-22(30-15-14-28)23(17-19)29-2/h4-9,16-17,28H,3,10-15H2,1-2H3. The molecule has 6 nitrogen and oxygen atoms in total. The lowest BCUT2D eigenvalue weighted by atomic mass is 10.1. The highest BCUT2D eigenvalue weighted by Gasteiger charge is 2.20. The zero-order chi connectivity index (χ0) is 20.9. The summed E-state index contributed by atoms with van der Waals surface area (Å²) in [6.45, 7) is 7.57. The van der Waals surface area contributed by atoms with Crippen molar-refractivity contribution in [3.05, 3.63) is 48.5 Å². The monoisotopic (exact) mass is 407 g/mol. The Morgan fingerprint density at radius 1 is 1.00 bits per heavy atom. The minimum atomic E-state index is -0.0359. The molecule has 0 amide bonds. The second-order valence-electron chi connectivity index (χ2n) is 7.41. The van der Waals surface area contributed by atoms with E-state index in [0.717, 1.165) is 49.8 Å². The molecule has 0 spiro atoms. The van der Waals surface area contributed by atoms with Gasteiger partial charge in [0.25, 0.3) is 0 Å². The molecule has 1 N–H and O–H groups in total. The van der Waals surface area contributed by atoms with Crippen molar-refractivity contribution in [2.45, 2.75) is 6.92 Å². The molecule has 0 atom stereocenters. The Morgan fingerprint density at radius 3 is 2.53 bits per heavy atom. The number of nitrogens with zero attached hydrogens (tertiary/aromatic N) is 3. The summed E-state index contributed by atoms with van der Waals surface area (Å²) in [5.41, 5.74) is 1.89. The first-order valence-corrected chi connectivity index (χ1v) is 10.5. The molecule has 1 fully saturated rings. The highest BCUT2D eigenvalue weighted by Crippen LogP contribution is 2.35. The molecule has 1 aromatic heterocycles. The molecule has 30 heavy (non-hydrogen) atoms. The quantitative estimate of drug-likeness (QED) is 0.648. The highest BCUT2D eigenvalue weighted by atomic mass is 16.5. The molecular formula is C24H29N3O3. The van der Waals surface area contributed by atoms with E-state index >= 15 is 0 Å². The van der Waals surface area contributed by atoms with E-state index < -0.39 is 0 Å². The van der Waals surface area contributed by atoms with E-state index in [0.29, 0.717) is 11.5 Å². The highest BCUT2D eigenvalue weighted by molar-refractivity contribution is 5.95. The minimum Gasteiger partial charge on any atom is -0.493 e. The fraction of sp³-hybridized carbons (Fsp3) is 0.375. The molecule has 3 aromatic rings. The Kier molecular flexibility index (Phi) is 6.35. The Balaban J connectivity index is 1.73. The second-order valence-corrected chi connectivity index (χ2v) is 7.41. The lowest BCUT2D eigenvalue weighted by Crippen LogP contribution is -2.46. The summed E-state index contributed by atoms with van der Waals surface area (Å²) in [7, 11) is 1.62. The molecule has 1 saturated heterocycles. The number of aliphatic hydroxyl groups excluding tert-OH is 1. The van der Waals surface area contributed by atoms with Crippen LogP contribution in [0.1, 0.15) is 6.92 Å². The molecule has 158 valence electrons. The number of aliphatic hydroxyl groups is 1. The van der Waals surface area contributed by atoms with Gasteiger partial charge in [-0.25, -0.2) is 4.98 Å². The first-order chi connectivity index (χ1) is 14.7. The van der Waals surface area contributed by atoms with Gasteiger partial charge in [0.2, 0.25) is 0 Å². The Morgan fingerprint density at radius 2 is 1.80 bits per heavy atom.